The van der Waals surface area contributed by atoms with Crippen molar-refractivity contribution in [3.8, 4) is 5.88 Å². The Labute approximate surface area is 184 Å². The normalized spacial score (nSPS) is 18.8. The average Bonchev–Trinajstić information content (AvgIpc) is 3.18. The number of likely N-dealkylation sites (tertiary alicyclic amines) is 1. The Kier molecular flexibility index (Phi) is 5.99. The number of nitrogens with zero attached hydrogens (tertiary/aromatic N) is 5. The first kappa shape index (κ1) is 19.9. The minimum Gasteiger partial charge on any atom is -0.474 e. The van der Waals surface area contributed by atoms with Crippen LogP contribution in [0.4, 0.5) is 5.82 Å². The van der Waals surface area contributed by atoms with Gasteiger partial charge in [0.1, 0.15) is 6.10 Å². The molecule has 30 heavy (non-hydrogen) atoms. The number of anilines is 1. The molecule has 5 heterocycles. The molecule has 7 nitrogen and oxygen atoms in total. The number of aromatic nitrogens is 3. The van der Waals surface area contributed by atoms with E-state index in [0.29, 0.717) is 11.2 Å². The van der Waals surface area contributed by atoms with E-state index in [-0.39, 0.29) is 6.10 Å². The van der Waals surface area contributed by atoms with E-state index in [2.05, 4.69) is 30.8 Å². The van der Waals surface area contributed by atoms with Crippen LogP contribution in [-0.4, -0.2) is 65.3 Å². The number of rotatable bonds is 5. The number of hydrogen-bond donors (Lipinski definition) is 0. The van der Waals surface area contributed by atoms with Crippen LogP contribution in [0.1, 0.15) is 17.7 Å². The standard InChI is InChI=1S/C21H24ClN5O2S/c22-21-24-17-13-16(30-19(17)20(25-21)27-9-11-28-12-10-27)14-26-7-4-15(5-8-26)29-18-3-1-2-6-23-18/h1-3,6,13,15H,4-5,7-12,14H2. The fourth-order valence-electron chi connectivity index (χ4n) is 4.00. The Hall–Kier alpha value is -2.00. The predicted octanol–water partition coefficient (Wildman–Crippen LogP) is 3.62. The molecule has 158 valence electrons. The second-order valence-corrected chi connectivity index (χ2v) is 9.08. The number of piperidine rings is 1. The monoisotopic (exact) mass is 445 g/mol. The van der Waals surface area contributed by atoms with E-state index in [0.717, 1.165) is 74.8 Å². The Balaban J connectivity index is 1.25. The Morgan fingerprint density at radius 3 is 2.73 bits per heavy atom. The lowest BCUT2D eigenvalue weighted by atomic mass is 10.1. The molecule has 2 saturated heterocycles. The van der Waals surface area contributed by atoms with Gasteiger partial charge in [0.05, 0.1) is 23.4 Å². The van der Waals surface area contributed by atoms with Gasteiger partial charge in [0.25, 0.3) is 0 Å². The van der Waals surface area contributed by atoms with Gasteiger partial charge < -0.3 is 14.4 Å². The molecular weight excluding hydrogens is 422 g/mol. The molecule has 0 saturated carbocycles. The summed E-state index contributed by atoms with van der Waals surface area (Å²) < 4.78 is 12.6. The van der Waals surface area contributed by atoms with E-state index >= 15 is 0 Å². The highest BCUT2D eigenvalue weighted by Crippen LogP contribution is 2.34. The van der Waals surface area contributed by atoms with Gasteiger partial charge in [0.2, 0.25) is 11.2 Å². The van der Waals surface area contributed by atoms with E-state index in [1.807, 2.05) is 18.2 Å². The van der Waals surface area contributed by atoms with Gasteiger partial charge in [-0.3, -0.25) is 4.90 Å². The molecule has 0 bridgehead atoms. The smallest absolute Gasteiger partial charge is 0.224 e. The van der Waals surface area contributed by atoms with E-state index in [4.69, 9.17) is 21.1 Å². The summed E-state index contributed by atoms with van der Waals surface area (Å²) in [7, 11) is 0. The van der Waals surface area contributed by atoms with Gasteiger partial charge in [-0.05, 0) is 36.6 Å². The summed E-state index contributed by atoms with van der Waals surface area (Å²) in [5.74, 6) is 1.65. The highest BCUT2D eigenvalue weighted by molar-refractivity contribution is 7.19. The molecule has 0 atom stereocenters. The summed E-state index contributed by atoms with van der Waals surface area (Å²) in [6.07, 6.45) is 4.01. The molecule has 2 aliphatic rings. The summed E-state index contributed by atoms with van der Waals surface area (Å²) >= 11 is 8.00. The molecule has 0 N–H and O–H groups in total. The molecule has 0 aromatic carbocycles. The molecule has 0 unspecified atom stereocenters. The lowest BCUT2D eigenvalue weighted by molar-refractivity contribution is 0.0937. The van der Waals surface area contributed by atoms with Gasteiger partial charge in [-0.15, -0.1) is 11.3 Å². The highest BCUT2D eigenvalue weighted by atomic mass is 35.5. The Morgan fingerprint density at radius 2 is 1.97 bits per heavy atom. The van der Waals surface area contributed by atoms with Gasteiger partial charge >= 0.3 is 0 Å². The van der Waals surface area contributed by atoms with Crippen molar-refractivity contribution in [2.45, 2.75) is 25.5 Å². The Bertz CT molecular complexity index is 988. The van der Waals surface area contributed by atoms with Crippen LogP contribution in [0.15, 0.2) is 30.5 Å². The zero-order valence-electron chi connectivity index (χ0n) is 16.7. The molecule has 0 radical (unpaired) electrons. The molecule has 2 fully saturated rings. The third-order valence-electron chi connectivity index (χ3n) is 5.53. The number of pyridine rings is 1. The second kappa shape index (κ2) is 9.01. The van der Waals surface area contributed by atoms with Crippen LogP contribution in [0.2, 0.25) is 5.28 Å². The second-order valence-electron chi connectivity index (χ2n) is 7.60. The predicted molar refractivity (Wildman–Crippen MR) is 119 cm³/mol. The van der Waals surface area contributed by atoms with E-state index in [1.54, 1.807) is 17.5 Å². The SMILES string of the molecule is Clc1nc(N2CCOCC2)c2sc(CN3CCC(Oc4ccccn4)CC3)cc2n1. The maximum absolute atomic E-state index is 6.22. The minimum atomic E-state index is 0.233. The zero-order chi connectivity index (χ0) is 20.3. The van der Waals surface area contributed by atoms with Gasteiger partial charge in [0, 0.05) is 49.9 Å². The fraction of sp³-hybridized carbons (Fsp3) is 0.476. The van der Waals surface area contributed by atoms with Crippen molar-refractivity contribution in [2.75, 3.05) is 44.3 Å². The number of thiophene rings is 1. The molecule has 5 rings (SSSR count). The van der Waals surface area contributed by atoms with E-state index < -0.39 is 0 Å². The molecule has 0 aliphatic carbocycles. The van der Waals surface area contributed by atoms with Crippen LogP contribution in [-0.2, 0) is 11.3 Å². The summed E-state index contributed by atoms with van der Waals surface area (Å²) in [6, 6.07) is 7.94. The molecule has 0 spiro atoms. The van der Waals surface area contributed by atoms with Crippen molar-refractivity contribution in [3.05, 3.63) is 40.6 Å². The first-order valence-corrected chi connectivity index (χ1v) is 11.5. The number of morpholine rings is 1. The fourth-order valence-corrected chi connectivity index (χ4v) is 5.32. The summed E-state index contributed by atoms with van der Waals surface area (Å²) in [5, 5.41) is 0.306. The van der Waals surface area contributed by atoms with E-state index in [1.165, 1.54) is 4.88 Å². The quantitative estimate of drug-likeness (QED) is 0.556. The topological polar surface area (TPSA) is 63.6 Å². The number of ether oxygens (including phenoxy) is 2. The molecule has 3 aromatic rings. The van der Waals surface area contributed by atoms with Crippen LogP contribution in [0.5, 0.6) is 5.88 Å². The number of halogens is 1. The van der Waals surface area contributed by atoms with Crippen LogP contribution in [0.3, 0.4) is 0 Å². The molecular formula is C21H24ClN5O2S. The summed E-state index contributed by atoms with van der Waals surface area (Å²) in [4.78, 5) is 19.3. The molecule has 2 aliphatic heterocycles. The maximum Gasteiger partial charge on any atom is 0.224 e. The lowest BCUT2D eigenvalue weighted by Crippen LogP contribution is -2.37. The first-order chi connectivity index (χ1) is 14.7. The molecule has 9 heteroatoms. The van der Waals surface area contributed by atoms with Crippen LogP contribution in [0, 0.1) is 0 Å². The van der Waals surface area contributed by atoms with Crippen LogP contribution in [0.25, 0.3) is 10.2 Å². The van der Waals surface area contributed by atoms with Crippen molar-refractivity contribution in [1.29, 1.82) is 0 Å². The van der Waals surface area contributed by atoms with Crippen molar-refractivity contribution >= 4 is 39.0 Å². The van der Waals surface area contributed by atoms with Crippen molar-refractivity contribution < 1.29 is 9.47 Å². The number of fused-ring (bicyclic) bond motifs is 1. The highest BCUT2D eigenvalue weighted by Gasteiger charge is 2.23. The summed E-state index contributed by atoms with van der Waals surface area (Å²) in [6.45, 7) is 6.03. The van der Waals surface area contributed by atoms with Gasteiger partial charge in [-0.25, -0.2) is 9.97 Å². The third kappa shape index (κ3) is 4.51. The van der Waals surface area contributed by atoms with Crippen LogP contribution >= 0.6 is 22.9 Å². The summed E-state index contributed by atoms with van der Waals surface area (Å²) in [5.41, 5.74) is 0.935. The Morgan fingerprint density at radius 1 is 1.13 bits per heavy atom. The zero-order valence-corrected chi connectivity index (χ0v) is 18.2. The van der Waals surface area contributed by atoms with Crippen molar-refractivity contribution in [2.24, 2.45) is 0 Å². The van der Waals surface area contributed by atoms with Gasteiger partial charge in [-0.2, -0.15) is 4.98 Å². The van der Waals surface area contributed by atoms with E-state index in [9.17, 15) is 0 Å². The largest absolute Gasteiger partial charge is 0.474 e. The van der Waals surface area contributed by atoms with Crippen molar-refractivity contribution in [3.63, 3.8) is 0 Å². The lowest BCUT2D eigenvalue weighted by Gasteiger charge is -2.31. The first-order valence-electron chi connectivity index (χ1n) is 10.3. The van der Waals surface area contributed by atoms with Gasteiger partial charge in [-0.1, -0.05) is 6.07 Å². The third-order valence-corrected chi connectivity index (χ3v) is 6.80. The van der Waals surface area contributed by atoms with Crippen LogP contribution < -0.4 is 9.64 Å². The average molecular weight is 446 g/mol. The minimum absolute atomic E-state index is 0.233. The molecule has 0 amide bonds. The number of hydrogen-bond acceptors (Lipinski definition) is 8. The van der Waals surface area contributed by atoms with Gasteiger partial charge in [0.15, 0.2) is 5.82 Å². The van der Waals surface area contributed by atoms with Crippen molar-refractivity contribution in [1.82, 2.24) is 19.9 Å². The maximum atomic E-state index is 6.22. The molecule has 3 aromatic heterocycles.